The van der Waals surface area contributed by atoms with E-state index >= 15 is 0 Å². The van der Waals surface area contributed by atoms with Crippen LogP contribution in [0.3, 0.4) is 0 Å². The minimum atomic E-state index is -0.594. The van der Waals surface area contributed by atoms with Gasteiger partial charge in [0, 0.05) is 24.1 Å². The van der Waals surface area contributed by atoms with Gasteiger partial charge in [-0.15, -0.1) is 0 Å². The molecular formula is C29H33N3O5. The standard InChI is InChI=1S/C29H33N3O5/c1-28(2,3)36-27(34)32(23-17-22(23)19-10-6-5-7-11-19)18-29(14-9-15-29)26-30-24(37-31-26)20-12-8-13-21(16-20)25(33)35-4/h5-8,10-13,16,22-23H,9,14-15,17-18H2,1-4H3/t22-,23?/m1/s1. The van der Waals surface area contributed by atoms with Gasteiger partial charge in [-0.2, -0.15) is 4.98 Å². The van der Waals surface area contributed by atoms with Crippen LogP contribution in [0.25, 0.3) is 11.5 Å². The average Bonchev–Trinajstić information content (AvgIpc) is 3.49. The molecule has 8 nitrogen and oxygen atoms in total. The smallest absolute Gasteiger partial charge is 0.410 e. The van der Waals surface area contributed by atoms with Crippen LogP contribution in [0.1, 0.15) is 74.1 Å². The Bertz CT molecular complexity index is 1280. The molecule has 2 aliphatic rings. The van der Waals surface area contributed by atoms with E-state index in [2.05, 4.69) is 17.3 Å². The Morgan fingerprint density at radius 2 is 1.86 bits per heavy atom. The second-order valence-corrected chi connectivity index (χ2v) is 11.1. The van der Waals surface area contributed by atoms with Crippen LogP contribution >= 0.6 is 0 Å². The molecule has 1 aromatic heterocycles. The molecule has 2 fully saturated rings. The van der Waals surface area contributed by atoms with Gasteiger partial charge in [-0.25, -0.2) is 9.59 Å². The molecule has 0 spiro atoms. The van der Waals surface area contributed by atoms with Crippen LogP contribution in [0.15, 0.2) is 59.1 Å². The topological polar surface area (TPSA) is 94.8 Å². The number of nitrogens with zero attached hydrogens (tertiary/aromatic N) is 3. The van der Waals surface area contributed by atoms with E-state index < -0.39 is 17.0 Å². The molecular weight excluding hydrogens is 470 g/mol. The maximum absolute atomic E-state index is 13.4. The van der Waals surface area contributed by atoms with Crippen molar-refractivity contribution in [2.45, 2.75) is 69.4 Å². The Hall–Kier alpha value is -3.68. The van der Waals surface area contributed by atoms with Gasteiger partial charge in [0.1, 0.15) is 5.60 Å². The Morgan fingerprint density at radius 3 is 2.51 bits per heavy atom. The highest BCUT2D eigenvalue weighted by Gasteiger charge is 2.52. The monoisotopic (exact) mass is 503 g/mol. The number of esters is 1. The van der Waals surface area contributed by atoms with E-state index in [0.717, 1.165) is 25.7 Å². The zero-order chi connectivity index (χ0) is 26.2. The number of carbonyl (C=O) groups is 2. The number of ether oxygens (including phenoxy) is 2. The minimum Gasteiger partial charge on any atom is -0.465 e. The number of methoxy groups -OCH3 is 1. The number of hydrogen-bond donors (Lipinski definition) is 0. The van der Waals surface area contributed by atoms with Crippen LogP contribution in [-0.2, 0) is 14.9 Å². The van der Waals surface area contributed by atoms with Crippen molar-refractivity contribution >= 4 is 12.1 Å². The number of rotatable bonds is 7. The molecule has 2 aliphatic carbocycles. The fourth-order valence-electron chi connectivity index (χ4n) is 5.06. The van der Waals surface area contributed by atoms with Gasteiger partial charge in [-0.1, -0.05) is 48.0 Å². The van der Waals surface area contributed by atoms with Crippen molar-refractivity contribution in [2.75, 3.05) is 13.7 Å². The fraction of sp³-hybridized carbons (Fsp3) is 0.448. The van der Waals surface area contributed by atoms with Crippen LogP contribution in [0.4, 0.5) is 4.79 Å². The molecule has 8 heteroatoms. The third kappa shape index (κ3) is 5.24. The van der Waals surface area contributed by atoms with Crippen molar-refractivity contribution in [1.82, 2.24) is 15.0 Å². The van der Waals surface area contributed by atoms with Crippen molar-refractivity contribution in [3.8, 4) is 11.5 Å². The summed E-state index contributed by atoms with van der Waals surface area (Å²) in [5, 5.41) is 4.34. The van der Waals surface area contributed by atoms with Gasteiger partial charge in [0.25, 0.3) is 5.89 Å². The minimum absolute atomic E-state index is 0.0674. The Balaban J connectivity index is 1.41. The normalized spacial score (nSPS) is 20.0. The fourth-order valence-corrected chi connectivity index (χ4v) is 5.06. The summed E-state index contributed by atoms with van der Waals surface area (Å²) in [6.07, 6.45) is 3.33. The summed E-state index contributed by atoms with van der Waals surface area (Å²) in [4.78, 5) is 32.0. The second-order valence-electron chi connectivity index (χ2n) is 11.1. The van der Waals surface area contributed by atoms with Gasteiger partial charge < -0.3 is 18.9 Å². The molecule has 0 bridgehead atoms. The molecule has 1 unspecified atom stereocenters. The highest BCUT2D eigenvalue weighted by atomic mass is 16.6. The average molecular weight is 504 g/mol. The summed E-state index contributed by atoms with van der Waals surface area (Å²) in [7, 11) is 1.35. The summed E-state index contributed by atoms with van der Waals surface area (Å²) >= 11 is 0. The Kier molecular flexibility index (Phi) is 6.52. The third-order valence-electron chi connectivity index (χ3n) is 7.23. The maximum atomic E-state index is 13.4. The van der Waals surface area contributed by atoms with Gasteiger partial charge in [0.15, 0.2) is 5.82 Å². The van der Waals surface area contributed by atoms with Crippen molar-refractivity contribution in [1.29, 1.82) is 0 Å². The predicted molar refractivity (Wildman–Crippen MR) is 137 cm³/mol. The van der Waals surface area contributed by atoms with Crippen LogP contribution < -0.4 is 0 Å². The van der Waals surface area contributed by atoms with Crippen LogP contribution in [0, 0.1) is 0 Å². The molecule has 2 saturated carbocycles. The molecule has 2 aromatic carbocycles. The van der Waals surface area contributed by atoms with Crippen molar-refractivity contribution in [3.05, 3.63) is 71.5 Å². The van der Waals surface area contributed by atoms with Gasteiger partial charge in [-0.05, 0) is 63.8 Å². The molecule has 194 valence electrons. The molecule has 0 N–H and O–H groups in total. The lowest BCUT2D eigenvalue weighted by atomic mass is 9.67. The van der Waals surface area contributed by atoms with Gasteiger partial charge in [0.2, 0.25) is 0 Å². The molecule has 0 saturated heterocycles. The van der Waals surface area contributed by atoms with E-state index in [1.807, 2.05) is 49.9 Å². The van der Waals surface area contributed by atoms with Crippen molar-refractivity contribution in [3.63, 3.8) is 0 Å². The number of aromatic nitrogens is 2. The first-order chi connectivity index (χ1) is 17.7. The van der Waals surface area contributed by atoms with E-state index in [1.165, 1.54) is 12.7 Å². The molecule has 2 atom stereocenters. The third-order valence-corrected chi connectivity index (χ3v) is 7.23. The first-order valence-corrected chi connectivity index (χ1v) is 12.8. The zero-order valence-corrected chi connectivity index (χ0v) is 21.8. The summed E-state index contributed by atoms with van der Waals surface area (Å²) in [6, 6.07) is 17.3. The van der Waals surface area contributed by atoms with E-state index in [9.17, 15) is 9.59 Å². The van der Waals surface area contributed by atoms with E-state index in [-0.39, 0.29) is 18.1 Å². The molecule has 37 heavy (non-hydrogen) atoms. The Labute approximate surface area is 217 Å². The SMILES string of the molecule is COC(=O)c1cccc(-c2nc(C3(CN(C(=O)OC(C)(C)C)C4C[C@@H]4c4ccccc4)CCC3)no2)c1. The quantitative estimate of drug-likeness (QED) is 0.380. The summed E-state index contributed by atoms with van der Waals surface area (Å²) < 4.78 is 16.3. The van der Waals surface area contributed by atoms with Crippen LogP contribution in [-0.4, -0.2) is 52.4 Å². The lowest BCUT2D eigenvalue weighted by molar-refractivity contribution is 0.0123. The lowest BCUT2D eigenvalue weighted by Gasteiger charge is -2.43. The number of benzene rings is 2. The molecule has 3 aromatic rings. The van der Waals surface area contributed by atoms with Crippen LogP contribution in [0.2, 0.25) is 0 Å². The van der Waals surface area contributed by atoms with E-state index in [0.29, 0.717) is 29.4 Å². The summed E-state index contributed by atoms with van der Waals surface area (Å²) in [5.41, 5.74) is 1.29. The largest absolute Gasteiger partial charge is 0.465 e. The van der Waals surface area contributed by atoms with Crippen LogP contribution in [0.5, 0.6) is 0 Å². The van der Waals surface area contributed by atoms with Gasteiger partial charge in [-0.3, -0.25) is 0 Å². The summed E-state index contributed by atoms with van der Waals surface area (Å²) in [6.45, 7) is 6.13. The second kappa shape index (κ2) is 9.65. The van der Waals surface area contributed by atoms with E-state index in [1.54, 1.807) is 18.2 Å². The summed E-state index contributed by atoms with van der Waals surface area (Å²) in [5.74, 6) is 0.780. The van der Waals surface area contributed by atoms with E-state index in [4.69, 9.17) is 19.0 Å². The highest BCUT2D eigenvalue weighted by molar-refractivity contribution is 5.90. The molecule has 1 heterocycles. The predicted octanol–water partition coefficient (Wildman–Crippen LogP) is 5.74. The van der Waals surface area contributed by atoms with Crippen molar-refractivity contribution < 1.29 is 23.6 Å². The maximum Gasteiger partial charge on any atom is 0.410 e. The first-order valence-electron chi connectivity index (χ1n) is 12.8. The van der Waals surface area contributed by atoms with Gasteiger partial charge >= 0.3 is 12.1 Å². The number of carbonyl (C=O) groups excluding carboxylic acids is 2. The molecule has 0 aliphatic heterocycles. The Morgan fingerprint density at radius 1 is 1.11 bits per heavy atom. The number of amides is 1. The zero-order valence-electron chi connectivity index (χ0n) is 21.8. The van der Waals surface area contributed by atoms with Crippen molar-refractivity contribution in [2.24, 2.45) is 0 Å². The molecule has 0 radical (unpaired) electrons. The highest BCUT2D eigenvalue weighted by Crippen LogP contribution is 2.49. The number of hydrogen-bond acceptors (Lipinski definition) is 7. The van der Waals surface area contributed by atoms with Gasteiger partial charge in [0.05, 0.1) is 18.1 Å². The first kappa shape index (κ1) is 25.0. The lowest BCUT2D eigenvalue weighted by Crippen LogP contribution is -2.50. The molecule has 1 amide bonds. The molecule has 5 rings (SSSR count).